The van der Waals surface area contributed by atoms with Crippen LogP contribution in [0.5, 0.6) is 0 Å². The molecule has 1 atom stereocenters. The summed E-state index contributed by atoms with van der Waals surface area (Å²) in [6, 6.07) is 0. The molecule has 0 amide bonds. The molecule has 1 unspecified atom stereocenters. The third-order valence-electron chi connectivity index (χ3n) is 1.02. The van der Waals surface area contributed by atoms with Gasteiger partial charge in [0.1, 0.15) is 6.61 Å². The molecule has 0 aromatic carbocycles. The summed E-state index contributed by atoms with van der Waals surface area (Å²) in [5.74, 6) is -1.67. The van der Waals surface area contributed by atoms with E-state index in [1.807, 2.05) is 0 Å². The highest BCUT2D eigenvalue weighted by Gasteiger charge is 2.23. The number of rotatable bonds is 4. The van der Waals surface area contributed by atoms with Gasteiger partial charge in [-0.25, -0.2) is 4.79 Å². The number of hydrogen-bond donors (Lipinski definition) is 1. The van der Waals surface area contributed by atoms with Gasteiger partial charge in [-0.05, 0) is 0 Å². The van der Waals surface area contributed by atoms with Crippen molar-refractivity contribution >= 4 is 11.8 Å². The summed E-state index contributed by atoms with van der Waals surface area (Å²) < 4.78 is 8.52. The lowest BCUT2D eigenvalue weighted by Crippen LogP contribution is -2.33. The number of esters is 1. The summed E-state index contributed by atoms with van der Waals surface area (Å²) in [7, 11) is 2.38. The Labute approximate surface area is 63.9 Å². The van der Waals surface area contributed by atoms with Gasteiger partial charge in [0.05, 0.1) is 7.11 Å². The quantitative estimate of drug-likeness (QED) is 0.412. The van der Waals surface area contributed by atoms with E-state index in [1.165, 1.54) is 7.11 Å². The zero-order valence-electron chi connectivity index (χ0n) is 6.36. The summed E-state index contributed by atoms with van der Waals surface area (Å²) in [6.07, 6.45) is -1.72. The van der Waals surface area contributed by atoms with Crippen LogP contribution in [0, 0.1) is 0 Å². The smallest absolute Gasteiger partial charge is 0.342 e. The Balaban J connectivity index is 3.91. The fourth-order valence-electron chi connectivity index (χ4n) is 0.464. The Kier molecular flexibility index (Phi) is 4.40. The van der Waals surface area contributed by atoms with Crippen LogP contribution in [0.1, 0.15) is 0 Å². The van der Waals surface area contributed by atoms with E-state index in [1.54, 1.807) is 0 Å². The predicted octanol–water partition coefficient (Wildman–Crippen LogP) is -1.26. The molecule has 5 nitrogen and oxygen atoms in total. The van der Waals surface area contributed by atoms with Crippen LogP contribution in [-0.2, 0) is 19.1 Å². The van der Waals surface area contributed by atoms with E-state index in [9.17, 15) is 9.59 Å². The van der Waals surface area contributed by atoms with Crippen LogP contribution >= 0.6 is 0 Å². The summed E-state index contributed by atoms with van der Waals surface area (Å²) >= 11 is 0. The Morgan fingerprint density at radius 3 is 2.36 bits per heavy atom. The molecule has 0 heterocycles. The van der Waals surface area contributed by atoms with Gasteiger partial charge < -0.3 is 14.6 Å². The largest absolute Gasteiger partial charge is 0.467 e. The van der Waals surface area contributed by atoms with Crippen molar-refractivity contribution in [1.29, 1.82) is 0 Å². The van der Waals surface area contributed by atoms with Gasteiger partial charge in [-0.2, -0.15) is 0 Å². The third kappa shape index (κ3) is 3.10. The van der Waals surface area contributed by atoms with Crippen LogP contribution in [-0.4, -0.2) is 43.8 Å². The van der Waals surface area contributed by atoms with Crippen LogP contribution in [0.4, 0.5) is 0 Å². The van der Waals surface area contributed by atoms with E-state index < -0.39 is 17.9 Å². The molecule has 0 aromatic rings. The Hall–Kier alpha value is -0.940. The SMILES string of the molecule is COCC(=O)C(O)C(=O)OC. The van der Waals surface area contributed by atoms with E-state index >= 15 is 0 Å². The molecule has 0 spiro atoms. The van der Waals surface area contributed by atoms with E-state index in [4.69, 9.17) is 5.11 Å². The summed E-state index contributed by atoms with van der Waals surface area (Å²) in [5.41, 5.74) is 0. The highest BCUT2D eigenvalue weighted by molar-refractivity contribution is 6.02. The fourth-order valence-corrected chi connectivity index (χ4v) is 0.464. The van der Waals surface area contributed by atoms with Crippen LogP contribution in [0.15, 0.2) is 0 Å². The average Bonchev–Trinajstić information content (AvgIpc) is 2.02. The van der Waals surface area contributed by atoms with Crippen molar-refractivity contribution in [1.82, 2.24) is 0 Å². The van der Waals surface area contributed by atoms with E-state index in [0.29, 0.717) is 0 Å². The van der Waals surface area contributed by atoms with Crippen molar-refractivity contribution < 1.29 is 24.2 Å². The molecule has 0 aromatic heterocycles. The second kappa shape index (κ2) is 4.81. The van der Waals surface area contributed by atoms with E-state index in [-0.39, 0.29) is 6.61 Å². The molecule has 0 aliphatic heterocycles. The molecule has 0 aliphatic carbocycles. The van der Waals surface area contributed by atoms with Gasteiger partial charge in [-0.3, -0.25) is 4.79 Å². The number of Topliss-reactive ketones (excluding diaryl/α,β-unsaturated/α-hetero) is 1. The maximum absolute atomic E-state index is 10.7. The third-order valence-corrected chi connectivity index (χ3v) is 1.02. The number of hydrogen-bond acceptors (Lipinski definition) is 5. The number of aliphatic hydroxyl groups is 1. The minimum Gasteiger partial charge on any atom is -0.467 e. The molecule has 0 bridgehead atoms. The van der Waals surface area contributed by atoms with Crippen LogP contribution in [0.25, 0.3) is 0 Å². The number of ketones is 1. The topological polar surface area (TPSA) is 72.8 Å². The molecule has 0 saturated heterocycles. The maximum atomic E-state index is 10.7. The van der Waals surface area contributed by atoms with Crippen molar-refractivity contribution in [2.75, 3.05) is 20.8 Å². The zero-order valence-corrected chi connectivity index (χ0v) is 6.36. The first-order valence-electron chi connectivity index (χ1n) is 2.91. The van der Waals surface area contributed by atoms with Gasteiger partial charge in [0.2, 0.25) is 6.10 Å². The molecule has 11 heavy (non-hydrogen) atoms. The van der Waals surface area contributed by atoms with Gasteiger partial charge in [0.15, 0.2) is 5.78 Å². The van der Waals surface area contributed by atoms with Crippen molar-refractivity contribution in [2.24, 2.45) is 0 Å². The Bertz CT molecular complexity index is 153. The van der Waals surface area contributed by atoms with E-state index in [0.717, 1.165) is 7.11 Å². The monoisotopic (exact) mass is 162 g/mol. The second-order valence-electron chi connectivity index (χ2n) is 1.83. The van der Waals surface area contributed by atoms with Crippen molar-refractivity contribution in [2.45, 2.75) is 6.10 Å². The maximum Gasteiger partial charge on any atom is 0.342 e. The highest BCUT2D eigenvalue weighted by atomic mass is 16.5. The van der Waals surface area contributed by atoms with Crippen LogP contribution in [0.2, 0.25) is 0 Å². The summed E-state index contributed by atoms with van der Waals surface area (Å²) in [4.78, 5) is 21.1. The Morgan fingerprint density at radius 2 is 2.00 bits per heavy atom. The summed E-state index contributed by atoms with van der Waals surface area (Å²) in [6.45, 7) is -0.295. The molecule has 0 fully saturated rings. The predicted molar refractivity (Wildman–Crippen MR) is 34.9 cm³/mol. The lowest BCUT2D eigenvalue weighted by Gasteiger charge is -2.05. The number of aliphatic hydroxyl groups excluding tert-OH is 1. The van der Waals surface area contributed by atoms with Gasteiger partial charge >= 0.3 is 5.97 Å². The van der Waals surface area contributed by atoms with Crippen LogP contribution < -0.4 is 0 Å². The lowest BCUT2D eigenvalue weighted by atomic mass is 10.2. The highest BCUT2D eigenvalue weighted by Crippen LogP contribution is 1.89. The van der Waals surface area contributed by atoms with Crippen LogP contribution in [0.3, 0.4) is 0 Å². The molecule has 0 aliphatic rings. The second-order valence-corrected chi connectivity index (χ2v) is 1.83. The average molecular weight is 162 g/mol. The molecule has 0 radical (unpaired) electrons. The number of ether oxygens (including phenoxy) is 2. The molecule has 64 valence electrons. The van der Waals surface area contributed by atoms with Crippen molar-refractivity contribution in [3.63, 3.8) is 0 Å². The van der Waals surface area contributed by atoms with Gasteiger partial charge in [0.25, 0.3) is 0 Å². The standard InChI is InChI=1S/C6H10O5/c1-10-3-4(7)5(8)6(9)11-2/h5,8H,3H2,1-2H3. The normalized spacial score (nSPS) is 12.3. The number of carbonyl (C=O) groups excluding carboxylic acids is 2. The molecule has 0 rings (SSSR count). The van der Waals surface area contributed by atoms with Crippen molar-refractivity contribution in [3.8, 4) is 0 Å². The first-order chi connectivity index (χ1) is 5.13. The van der Waals surface area contributed by atoms with Gasteiger partial charge in [-0.15, -0.1) is 0 Å². The van der Waals surface area contributed by atoms with Crippen molar-refractivity contribution in [3.05, 3.63) is 0 Å². The fraction of sp³-hybridized carbons (Fsp3) is 0.667. The van der Waals surface area contributed by atoms with Gasteiger partial charge in [-0.1, -0.05) is 0 Å². The number of methoxy groups -OCH3 is 2. The molecular weight excluding hydrogens is 152 g/mol. The Morgan fingerprint density at radius 1 is 1.45 bits per heavy atom. The minimum absolute atomic E-state index is 0.295. The first kappa shape index (κ1) is 10.1. The summed E-state index contributed by atoms with van der Waals surface area (Å²) in [5, 5.41) is 8.81. The molecule has 1 N–H and O–H groups in total. The minimum atomic E-state index is -1.72. The molecule has 0 saturated carbocycles. The molecular formula is C6H10O5. The molecule has 5 heteroatoms. The first-order valence-corrected chi connectivity index (χ1v) is 2.91. The zero-order chi connectivity index (χ0) is 8.85. The van der Waals surface area contributed by atoms with Gasteiger partial charge in [0, 0.05) is 7.11 Å². The van der Waals surface area contributed by atoms with E-state index in [2.05, 4.69) is 9.47 Å². The lowest BCUT2D eigenvalue weighted by molar-refractivity contribution is -0.156. The number of carbonyl (C=O) groups is 2.